The maximum Gasteiger partial charge on any atom is 0.0944 e. The van der Waals surface area contributed by atoms with Gasteiger partial charge in [0.1, 0.15) is 0 Å². The molecule has 0 radical (unpaired) electrons. The number of hydrogen-bond acceptors (Lipinski definition) is 1. The molecular formula is C11H17N. The Hall–Kier alpha value is -1.03. The van der Waals surface area contributed by atoms with Crippen LogP contribution in [0, 0.1) is 11.3 Å². The van der Waals surface area contributed by atoms with E-state index in [1.807, 2.05) is 12.1 Å². The van der Waals surface area contributed by atoms with Gasteiger partial charge in [-0.1, -0.05) is 38.5 Å². The zero-order valence-electron chi connectivity index (χ0n) is 7.84. The van der Waals surface area contributed by atoms with Crippen LogP contribution in [0.15, 0.2) is 24.3 Å². The van der Waals surface area contributed by atoms with E-state index in [1.165, 1.54) is 19.3 Å². The Bertz CT molecular complexity index is 184. The van der Waals surface area contributed by atoms with Crippen LogP contribution in [0.2, 0.25) is 0 Å². The average Bonchev–Trinajstić information content (AvgIpc) is 2.10. The number of nitriles is 1. The van der Waals surface area contributed by atoms with Gasteiger partial charge in [-0.2, -0.15) is 5.26 Å². The van der Waals surface area contributed by atoms with Gasteiger partial charge in [0.15, 0.2) is 0 Å². The molecule has 0 saturated carbocycles. The fourth-order valence-corrected chi connectivity index (χ4v) is 0.901. The lowest BCUT2D eigenvalue weighted by atomic mass is 10.1. The Balaban J connectivity index is 3.27. The third kappa shape index (κ3) is 7.08. The second-order valence-corrected chi connectivity index (χ2v) is 2.89. The minimum atomic E-state index is 0.641. The minimum absolute atomic E-state index is 0.641. The van der Waals surface area contributed by atoms with Crippen LogP contribution in [0.3, 0.4) is 0 Å². The Kier molecular flexibility index (Phi) is 7.38. The van der Waals surface area contributed by atoms with E-state index in [1.54, 1.807) is 0 Å². The summed E-state index contributed by atoms with van der Waals surface area (Å²) < 4.78 is 0. The van der Waals surface area contributed by atoms with E-state index in [9.17, 15) is 0 Å². The summed E-state index contributed by atoms with van der Waals surface area (Å²) in [6.07, 6.45) is 9.82. The summed E-state index contributed by atoms with van der Waals surface area (Å²) in [5, 5.41) is 8.39. The van der Waals surface area contributed by atoms with Crippen molar-refractivity contribution in [1.82, 2.24) is 0 Å². The van der Waals surface area contributed by atoms with Gasteiger partial charge in [-0.15, -0.1) is 0 Å². The number of allylic oxidation sites excluding steroid dienone is 3. The monoisotopic (exact) mass is 163 g/mol. The fourth-order valence-electron chi connectivity index (χ4n) is 0.901. The van der Waals surface area contributed by atoms with Gasteiger partial charge in [0.2, 0.25) is 0 Å². The SMILES string of the molecule is C=C(C#N)C/C=C/CCCCC. The van der Waals surface area contributed by atoms with Gasteiger partial charge >= 0.3 is 0 Å². The summed E-state index contributed by atoms with van der Waals surface area (Å²) in [6, 6.07) is 2.02. The predicted molar refractivity (Wildman–Crippen MR) is 52.7 cm³/mol. The number of hydrogen-bond donors (Lipinski definition) is 0. The highest BCUT2D eigenvalue weighted by Gasteiger charge is 1.85. The standard InChI is InChI=1S/C11H17N/c1-3-4-5-6-7-8-9-11(2)10-12/h7-8H,2-6,9H2,1H3/b8-7+. The summed E-state index contributed by atoms with van der Waals surface area (Å²) in [5.41, 5.74) is 0.641. The molecular weight excluding hydrogens is 146 g/mol. The smallest absolute Gasteiger partial charge is 0.0944 e. The van der Waals surface area contributed by atoms with Gasteiger partial charge in [0.05, 0.1) is 6.07 Å². The molecule has 0 rings (SSSR count). The van der Waals surface area contributed by atoms with Crippen molar-refractivity contribution in [3.63, 3.8) is 0 Å². The third-order valence-corrected chi connectivity index (χ3v) is 1.66. The van der Waals surface area contributed by atoms with Crippen molar-refractivity contribution in [1.29, 1.82) is 5.26 Å². The number of nitrogens with zero attached hydrogens (tertiary/aromatic N) is 1. The molecule has 12 heavy (non-hydrogen) atoms. The Morgan fingerprint density at radius 2 is 2.17 bits per heavy atom. The van der Waals surface area contributed by atoms with E-state index in [0.29, 0.717) is 12.0 Å². The molecule has 0 aliphatic heterocycles. The van der Waals surface area contributed by atoms with E-state index in [0.717, 1.165) is 6.42 Å². The molecule has 0 saturated heterocycles. The van der Waals surface area contributed by atoms with E-state index < -0.39 is 0 Å². The molecule has 0 fully saturated rings. The predicted octanol–water partition coefficient (Wildman–Crippen LogP) is 3.59. The van der Waals surface area contributed by atoms with Crippen LogP contribution in [0.5, 0.6) is 0 Å². The first-order valence-corrected chi connectivity index (χ1v) is 4.54. The summed E-state index contributed by atoms with van der Waals surface area (Å²) >= 11 is 0. The minimum Gasteiger partial charge on any atom is -0.193 e. The lowest BCUT2D eigenvalue weighted by molar-refractivity contribution is 0.728. The van der Waals surface area contributed by atoms with Crippen LogP contribution >= 0.6 is 0 Å². The molecule has 0 unspecified atom stereocenters. The molecule has 0 heterocycles. The van der Waals surface area contributed by atoms with Crippen molar-refractivity contribution in [3.05, 3.63) is 24.3 Å². The Morgan fingerprint density at radius 1 is 1.42 bits per heavy atom. The maximum atomic E-state index is 8.39. The lowest BCUT2D eigenvalue weighted by Gasteiger charge is -1.91. The van der Waals surface area contributed by atoms with Crippen LogP contribution in [0.4, 0.5) is 0 Å². The first-order valence-electron chi connectivity index (χ1n) is 4.54. The lowest BCUT2D eigenvalue weighted by Crippen LogP contribution is -1.73. The van der Waals surface area contributed by atoms with Crippen molar-refractivity contribution in [3.8, 4) is 6.07 Å². The van der Waals surface area contributed by atoms with Crippen LogP contribution in [-0.2, 0) is 0 Å². The molecule has 0 N–H and O–H groups in total. The van der Waals surface area contributed by atoms with E-state index in [-0.39, 0.29) is 0 Å². The van der Waals surface area contributed by atoms with Crippen molar-refractivity contribution in [2.75, 3.05) is 0 Å². The first kappa shape index (κ1) is 11.0. The highest BCUT2D eigenvalue weighted by Crippen LogP contribution is 2.02. The molecule has 0 bridgehead atoms. The van der Waals surface area contributed by atoms with E-state index in [4.69, 9.17) is 5.26 Å². The van der Waals surface area contributed by atoms with Crippen LogP contribution < -0.4 is 0 Å². The highest BCUT2D eigenvalue weighted by molar-refractivity contribution is 5.18. The van der Waals surface area contributed by atoms with Crippen LogP contribution in [0.1, 0.15) is 39.0 Å². The van der Waals surface area contributed by atoms with Gasteiger partial charge in [-0.25, -0.2) is 0 Å². The molecule has 0 aliphatic carbocycles. The zero-order chi connectivity index (χ0) is 9.23. The fraction of sp³-hybridized carbons (Fsp3) is 0.545. The first-order chi connectivity index (χ1) is 5.81. The topological polar surface area (TPSA) is 23.8 Å². The molecule has 66 valence electrons. The largest absolute Gasteiger partial charge is 0.193 e. The van der Waals surface area contributed by atoms with Gasteiger partial charge < -0.3 is 0 Å². The molecule has 0 aliphatic rings. The molecule has 0 spiro atoms. The second-order valence-electron chi connectivity index (χ2n) is 2.89. The van der Waals surface area contributed by atoms with Gasteiger partial charge in [0, 0.05) is 5.57 Å². The summed E-state index contributed by atoms with van der Waals surface area (Å²) in [5.74, 6) is 0. The van der Waals surface area contributed by atoms with Gasteiger partial charge in [0.25, 0.3) is 0 Å². The maximum absolute atomic E-state index is 8.39. The Labute approximate surface area is 75.4 Å². The zero-order valence-corrected chi connectivity index (χ0v) is 7.84. The van der Waals surface area contributed by atoms with Crippen molar-refractivity contribution in [2.24, 2.45) is 0 Å². The molecule has 0 aromatic heterocycles. The normalized spacial score (nSPS) is 10.0. The molecule has 0 aromatic carbocycles. The van der Waals surface area contributed by atoms with Gasteiger partial charge in [-0.3, -0.25) is 0 Å². The second kappa shape index (κ2) is 8.07. The van der Waals surface area contributed by atoms with Gasteiger partial charge in [-0.05, 0) is 19.3 Å². The van der Waals surface area contributed by atoms with E-state index in [2.05, 4.69) is 19.6 Å². The molecule has 0 aromatic rings. The van der Waals surface area contributed by atoms with Crippen molar-refractivity contribution in [2.45, 2.75) is 39.0 Å². The summed E-state index contributed by atoms with van der Waals surface area (Å²) in [7, 11) is 0. The van der Waals surface area contributed by atoms with Crippen molar-refractivity contribution < 1.29 is 0 Å². The Morgan fingerprint density at radius 3 is 2.75 bits per heavy atom. The molecule has 0 atom stereocenters. The molecule has 0 amide bonds. The summed E-state index contributed by atoms with van der Waals surface area (Å²) in [4.78, 5) is 0. The van der Waals surface area contributed by atoms with Crippen molar-refractivity contribution >= 4 is 0 Å². The van der Waals surface area contributed by atoms with Crippen LogP contribution in [0.25, 0.3) is 0 Å². The number of unbranched alkanes of at least 4 members (excludes halogenated alkanes) is 3. The molecule has 1 nitrogen and oxygen atoms in total. The van der Waals surface area contributed by atoms with E-state index >= 15 is 0 Å². The highest BCUT2D eigenvalue weighted by atomic mass is 14.2. The molecule has 1 heteroatoms. The summed E-state index contributed by atoms with van der Waals surface area (Å²) in [6.45, 7) is 5.79. The van der Waals surface area contributed by atoms with Crippen LogP contribution in [-0.4, -0.2) is 0 Å². The third-order valence-electron chi connectivity index (χ3n) is 1.66. The number of rotatable bonds is 6. The average molecular weight is 163 g/mol. The quantitative estimate of drug-likeness (QED) is 0.333.